The number of hydrogen-bond acceptors (Lipinski definition) is 2. The molecule has 1 rings (SSSR count). The fourth-order valence-electron chi connectivity index (χ4n) is 2.36. The van der Waals surface area contributed by atoms with Gasteiger partial charge < -0.3 is 9.84 Å². The molecule has 0 aliphatic carbocycles. The minimum absolute atomic E-state index is 0.207. The number of aliphatic carboxylic acids is 1. The molecule has 3 heteroatoms. The maximum atomic E-state index is 10.3. The van der Waals surface area contributed by atoms with Crippen LogP contribution in [0.25, 0.3) is 0 Å². The maximum Gasteiger partial charge on any atom is 0.303 e. The lowest BCUT2D eigenvalue weighted by Crippen LogP contribution is -1.91. The van der Waals surface area contributed by atoms with Crippen LogP contribution < -0.4 is 0 Å². The van der Waals surface area contributed by atoms with Gasteiger partial charge in [-0.1, -0.05) is 67.7 Å². The van der Waals surface area contributed by atoms with Gasteiger partial charge >= 0.3 is 5.97 Å². The van der Waals surface area contributed by atoms with Crippen LogP contribution in [0, 0.1) is 0 Å². The van der Waals surface area contributed by atoms with Gasteiger partial charge in [-0.05, 0) is 44.9 Å². The summed E-state index contributed by atoms with van der Waals surface area (Å²) in [6, 6.07) is 0. The molecule has 1 N–H and O–H groups in total. The summed E-state index contributed by atoms with van der Waals surface area (Å²) in [6.45, 7) is 2.15. The van der Waals surface area contributed by atoms with Crippen molar-refractivity contribution in [3.8, 4) is 0 Å². The molecule has 2 unspecified atom stereocenters. The largest absolute Gasteiger partial charge is 0.481 e. The Balaban J connectivity index is 1.96. The number of carboxylic acids is 1. The first-order valence-corrected chi connectivity index (χ1v) is 9.36. The molecule has 2 atom stereocenters. The van der Waals surface area contributed by atoms with E-state index >= 15 is 0 Å². The van der Waals surface area contributed by atoms with Crippen LogP contribution in [0.3, 0.4) is 0 Å². The van der Waals surface area contributed by atoms with Crippen LogP contribution in [0.4, 0.5) is 0 Å². The molecule has 1 saturated heterocycles. The van der Waals surface area contributed by atoms with Crippen LogP contribution in [-0.4, -0.2) is 23.3 Å². The molecule has 0 aromatic rings. The smallest absolute Gasteiger partial charge is 0.303 e. The van der Waals surface area contributed by atoms with Crippen LogP contribution in [0.1, 0.15) is 58.3 Å². The lowest BCUT2D eigenvalue weighted by molar-refractivity contribution is -0.136. The van der Waals surface area contributed by atoms with E-state index in [9.17, 15) is 4.79 Å². The molecule has 0 bridgehead atoms. The predicted molar refractivity (Wildman–Crippen MR) is 105 cm³/mol. The maximum absolute atomic E-state index is 10.3. The summed E-state index contributed by atoms with van der Waals surface area (Å²) in [5.74, 6) is -0.743. The van der Waals surface area contributed by atoms with E-state index in [0.29, 0.717) is 18.6 Å². The molecule has 0 aromatic heterocycles. The summed E-state index contributed by atoms with van der Waals surface area (Å²) in [5.41, 5.74) is 0. The first kappa shape index (κ1) is 21.2. The van der Waals surface area contributed by atoms with Gasteiger partial charge in [-0.15, -0.1) is 0 Å². The average molecular weight is 344 g/mol. The Morgan fingerprint density at radius 1 is 0.800 bits per heavy atom. The van der Waals surface area contributed by atoms with Crippen molar-refractivity contribution >= 4 is 5.97 Å². The molecule has 1 heterocycles. The Morgan fingerprint density at radius 3 is 1.80 bits per heavy atom. The first-order chi connectivity index (χ1) is 12.2. The summed E-state index contributed by atoms with van der Waals surface area (Å²) in [7, 11) is 0. The monoisotopic (exact) mass is 344 g/mol. The number of carboxylic acid groups (broad SMARTS) is 1. The minimum atomic E-state index is -0.743. The van der Waals surface area contributed by atoms with E-state index in [4.69, 9.17) is 9.84 Å². The van der Waals surface area contributed by atoms with E-state index < -0.39 is 5.97 Å². The highest BCUT2D eigenvalue weighted by Gasteiger charge is 2.35. The van der Waals surface area contributed by atoms with Crippen molar-refractivity contribution in [1.82, 2.24) is 0 Å². The zero-order chi connectivity index (χ0) is 18.2. The summed E-state index contributed by atoms with van der Waals surface area (Å²) in [4.78, 5) is 10.3. The van der Waals surface area contributed by atoms with Crippen molar-refractivity contribution in [3.63, 3.8) is 0 Å². The van der Waals surface area contributed by atoms with Crippen molar-refractivity contribution < 1.29 is 14.6 Å². The van der Waals surface area contributed by atoms with Gasteiger partial charge in [0.25, 0.3) is 0 Å². The topological polar surface area (TPSA) is 49.8 Å². The zero-order valence-electron chi connectivity index (χ0n) is 15.3. The number of carbonyl (C=O) groups is 1. The van der Waals surface area contributed by atoms with E-state index in [-0.39, 0.29) is 6.42 Å². The third kappa shape index (κ3) is 13.1. The standard InChI is InChI=1S/C22H32O3/c1-2-3-4-5-11-14-17-20-21(25-20)18-15-12-9-7-6-8-10-13-16-19-22(23)24/h3-4,6-7,10-15,20-21H,2,5,8-9,16-19H2,1H3,(H,23,24)/b4-3-,7-6+,13-10-,14-11+,15-12+. The second-order valence-electron chi connectivity index (χ2n) is 6.09. The second kappa shape index (κ2) is 14.5. The zero-order valence-corrected chi connectivity index (χ0v) is 15.3. The number of rotatable bonds is 14. The van der Waals surface area contributed by atoms with Crippen molar-refractivity contribution in [2.45, 2.75) is 70.5 Å². The summed E-state index contributed by atoms with van der Waals surface area (Å²) in [6.07, 6.45) is 28.9. The average Bonchev–Trinajstić information content (AvgIpc) is 3.34. The summed E-state index contributed by atoms with van der Waals surface area (Å²) in [5, 5.41) is 8.51. The number of allylic oxidation sites excluding steroid dienone is 8. The Bertz CT molecular complexity index is 497. The fraction of sp³-hybridized carbons (Fsp3) is 0.500. The molecular formula is C22H32O3. The number of hydrogen-bond donors (Lipinski definition) is 1. The van der Waals surface area contributed by atoms with Gasteiger partial charge in [0.05, 0.1) is 12.2 Å². The van der Waals surface area contributed by atoms with Gasteiger partial charge in [-0.25, -0.2) is 0 Å². The lowest BCUT2D eigenvalue weighted by atomic mass is 10.1. The number of ether oxygens (including phenoxy) is 1. The third-order valence-electron chi connectivity index (χ3n) is 3.83. The second-order valence-corrected chi connectivity index (χ2v) is 6.09. The Labute approximate surface area is 152 Å². The predicted octanol–water partition coefficient (Wildman–Crippen LogP) is 5.76. The van der Waals surface area contributed by atoms with Gasteiger partial charge in [0.2, 0.25) is 0 Å². The molecule has 0 aromatic carbocycles. The molecule has 3 nitrogen and oxygen atoms in total. The summed E-state index contributed by atoms with van der Waals surface area (Å²) >= 11 is 0. The van der Waals surface area contributed by atoms with Gasteiger partial charge in [-0.3, -0.25) is 4.79 Å². The lowest BCUT2D eigenvalue weighted by Gasteiger charge is -1.88. The molecule has 1 fully saturated rings. The van der Waals surface area contributed by atoms with Crippen molar-refractivity contribution in [3.05, 3.63) is 60.8 Å². The van der Waals surface area contributed by atoms with Gasteiger partial charge in [-0.2, -0.15) is 0 Å². The van der Waals surface area contributed by atoms with Crippen LogP contribution in [0.5, 0.6) is 0 Å². The van der Waals surface area contributed by atoms with Crippen LogP contribution in [0.2, 0.25) is 0 Å². The van der Waals surface area contributed by atoms with Crippen molar-refractivity contribution in [2.75, 3.05) is 0 Å². The van der Waals surface area contributed by atoms with E-state index in [2.05, 4.69) is 55.5 Å². The van der Waals surface area contributed by atoms with E-state index in [1.54, 1.807) is 0 Å². The van der Waals surface area contributed by atoms with Gasteiger partial charge in [0.1, 0.15) is 0 Å². The van der Waals surface area contributed by atoms with E-state index in [1.807, 2.05) is 12.2 Å². The molecule has 1 aliphatic rings. The fourth-order valence-corrected chi connectivity index (χ4v) is 2.36. The minimum Gasteiger partial charge on any atom is -0.481 e. The highest BCUT2D eigenvalue weighted by molar-refractivity contribution is 5.66. The quantitative estimate of drug-likeness (QED) is 0.322. The Morgan fingerprint density at radius 2 is 1.28 bits per heavy atom. The molecule has 0 saturated carbocycles. The molecule has 0 radical (unpaired) electrons. The molecule has 0 amide bonds. The first-order valence-electron chi connectivity index (χ1n) is 9.36. The van der Waals surface area contributed by atoms with Crippen LogP contribution in [0.15, 0.2) is 60.8 Å². The highest BCUT2D eigenvalue weighted by atomic mass is 16.6. The SMILES string of the molecule is CC/C=C\C/C=C/CC1OC1C/C=C/C/C=C/C/C=C\CCC(=O)O. The van der Waals surface area contributed by atoms with Crippen molar-refractivity contribution in [1.29, 1.82) is 0 Å². The third-order valence-corrected chi connectivity index (χ3v) is 3.83. The Hall–Kier alpha value is -1.87. The van der Waals surface area contributed by atoms with Crippen LogP contribution in [-0.2, 0) is 9.53 Å². The van der Waals surface area contributed by atoms with Gasteiger partial charge in [0, 0.05) is 6.42 Å². The van der Waals surface area contributed by atoms with E-state index in [1.165, 1.54) is 0 Å². The molecule has 25 heavy (non-hydrogen) atoms. The van der Waals surface area contributed by atoms with Gasteiger partial charge in [0.15, 0.2) is 0 Å². The van der Waals surface area contributed by atoms with Crippen molar-refractivity contribution in [2.24, 2.45) is 0 Å². The number of epoxide rings is 1. The molecule has 1 aliphatic heterocycles. The van der Waals surface area contributed by atoms with Crippen LogP contribution >= 0.6 is 0 Å². The normalized spacial score (nSPS) is 20.8. The molecule has 0 spiro atoms. The molecule has 138 valence electrons. The molecular weight excluding hydrogens is 312 g/mol. The Kier molecular flexibility index (Phi) is 12.3. The van der Waals surface area contributed by atoms with E-state index in [0.717, 1.165) is 38.5 Å². The summed E-state index contributed by atoms with van der Waals surface area (Å²) < 4.78 is 5.65. The highest BCUT2D eigenvalue weighted by Crippen LogP contribution is 2.29.